The van der Waals surface area contributed by atoms with E-state index in [1.54, 1.807) is 24.3 Å². The number of hydrogen-bond acceptors (Lipinski definition) is 6. The maximum atomic E-state index is 11.4. The van der Waals surface area contributed by atoms with Crippen molar-refractivity contribution in [2.24, 2.45) is 5.10 Å². The molecule has 1 heterocycles. The second-order valence-electron chi connectivity index (χ2n) is 6.80. The van der Waals surface area contributed by atoms with Crippen LogP contribution in [0.25, 0.3) is 0 Å². The number of benzene rings is 2. The second-order valence-corrected chi connectivity index (χ2v) is 7.23. The van der Waals surface area contributed by atoms with Gasteiger partial charge < -0.3 is 0 Å². The molecule has 3 rings (SSSR count). The molecule has 1 N–H and O–H groups in total. The van der Waals surface area contributed by atoms with Crippen LogP contribution in [0.15, 0.2) is 65.9 Å². The summed E-state index contributed by atoms with van der Waals surface area (Å²) in [5.74, 6) is 0. The van der Waals surface area contributed by atoms with Crippen LogP contribution in [0.4, 0.5) is 17.1 Å². The van der Waals surface area contributed by atoms with E-state index < -0.39 is 15.5 Å². The highest BCUT2D eigenvalue weighted by Crippen LogP contribution is 2.29. The van der Waals surface area contributed by atoms with Gasteiger partial charge in [-0.25, -0.2) is 0 Å². The lowest BCUT2D eigenvalue weighted by molar-refractivity contribution is -0.688. The smallest absolute Gasteiger partial charge is 0.271 e. The molecule has 2 aromatic carbocycles. The first-order chi connectivity index (χ1) is 14.8. The van der Waals surface area contributed by atoms with Crippen molar-refractivity contribution in [3.05, 3.63) is 103 Å². The molecule has 0 amide bonds. The fraction of sp³-hybridized carbons (Fsp3) is 0.143. The third-order valence-electron chi connectivity index (χ3n) is 4.81. The number of halogens is 1. The molecule has 0 bridgehead atoms. The summed E-state index contributed by atoms with van der Waals surface area (Å²) < 4.78 is 2.01. The first-order valence-corrected chi connectivity index (χ1v) is 9.61. The van der Waals surface area contributed by atoms with E-state index >= 15 is 0 Å². The average Bonchev–Trinajstić information content (AvgIpc) is 2.74. The van der Waals surface area contributed by atoms with Gasteiger partial charge in [-0.3, -0.25) is 25.7 Å². The van der Waals surface area contributed by atoms with E-state index in [0.29, 0.717) is 17.3 Å². The maximum absolute atomic E-state index is 11.4. The Morgan fingerprint density at radius 1 is 1.06 bits per heavy atom. The summed E-state index contributed by atoms with van der Waals surface area (Å²) in [6.07, 6.45) is 1.92. The van der Waals surface area contributed by atoms with Gasteiger partial charge in [0.15, 0.2) is 18.4 Å². The van der Waals surface area contributed by atoms with Crippen molar-refractivity contribution >= 4 is 34.4 Å². The van der Waals surface area contributed by atoms with Crippen molar-refractivity contribution in [1.29, 1.82) is 0 Å². The zero-order chi connectivity index (χ0) is 22.5. The molecule has 0 aliphatic heterocycles. The Labute approximate surface area is 182 Å². The summed E-state index contributed by atoms with van der Waals surface area (Å²) in [6.45, 7) is 4.38. The highest BCUT2D eigenvalue weighted by atomic mass is 35.5. The van der Waals surface area contributed by atoms with E-state index in [1.807, 2.05) is 36.7 Å². The summed E-state index contributed by atoms with van der Waals surface area (Å²) in [6, 6.07) is 14.4. The summed E-state index contributed by atoms with van der Waals surface area (Å²) in [7, 11) is 0. The molecule has 0 aliphatic carbocycles. The highest BCUT2D eigenvalue weighted by molar-refractivity contribution is 6.30. The van der Waals surface area contributed by atoms with Crippen LogP contribution < -0.4 is 9.99 Å². The largest absolute Gasteiger partial charge is 0.301 e. The van der Waals surface area contributed by atoms with Crippen LogP contribution >= 0.6 is 11.6 Å². The SMILES string of the molecule is Cc1ccc[n+](CC(=NNc2ccc([N+](=O)[O-])cc2[N+](=O)[O-])c2ccc(Cl)cc2)c1C. The van der Waals surface area contributed by atoms with Gasteiger partial charge in [-0.15, -0.1) is 0 Å². The van der Waals surface area contributed by atoms with Crippen LogP contribution in [0, 0.1) is 34.1 Å². The van der Waals surface area contributed by atoms with Gasteiger partial charge in [0.1, 0.15) is 11.4 Å². The van der Waals surface area contributed by atoms with Gasteiger partial charge in [0.2, 0.25) is 0 Å². The van der Waals surface area contributed by atoms with Crippen LogP contribution in [0.5, 0.6) is 0 Å². The Morgan fingerprint density at radius 3 is 2.42 bits per heavy atom. The third kappa shape index (κ3) is 5.20. The number of nitro groups is 2. The van der Waals surface area contributed by atoms with Crippen molar-refractivity contribution in [1.82, 2.24) is 0 Å². The number of rotatable bonds is 7. The molecule has 0 fully saturated rings. The van der Waals surface area contributed by atoms with E-state index in [-0.39, 0.29) is 11.4 Å². The standard InChI is InChI=1S/C21H19ClN5O4/c1-14-4-3-11-25(15(14)2)13-20(16-5-7-17(22)8-6-16)24-23-19-10-9-18(26(28)29)12-21(19)27(30)31/h3-12,23H,13H2,1-2H3/q+1. The third-order valence-corrected chi connectivity index (χ3v) is 5.06. The molecule has 0 spiro atoms. The molecule has 0 saturated heterocycles. The summed E-state index contributed by atoms with van der Waals surface area (Å²) in [5, 5.41) is 27.3. The van der Waals surface area contributed by atoms with E-state index in [9.17, 15) is 20.2 Å². The second kappa shape index (κ2) is 9.31. The summed E-state index contributed by atoms with van der Waals surface area (Å²) in [5.41, 5.74) is 5.48. The van der Waals surface area contributed by atoms with Crippen molar-refractivity contribution < 1.29 is 14.4 Å². The number of aromatic nitrogens is 1. The van der Waals surface area contributed by atoms with Crippen LogP contribution in [-0.2, 0) is 6.54 Å². The molecule has 9 nitrogen and oxygen atoms in total. The highest BCUT2D eigenvalue weighted by Gasteiger charge is 2.20. The minimum Gasteiger partial charge on any atom is -0.271 e. The van der Waals surface area contributed by atoms with Gasteiger partial charge in [0.05, 0.1) is 15.9 Å². The summed E-state index contributed by atoms with van der Waals surface area (Å²) in [4.78, 5) is 21.0. The molecule has 3 aromatic rings. The Bertz CT molecular complexity index is 1180. The molecule has 0 atom stereocenters. The van der Waals surface area contributed by atoms with E-state index in [0.717, 1.165) is 22.9 Å². The van der Waals surface area contributed by atoms with Crippen molar-refractivity contribution in [2.45, 2.75) is 20.4 Å². The number of non-ortho nitro benzene ring substituents is 1. The molecule has 31 heavy (non-hydrogen) atoms. The van der Waals surface area contributed by atoms with Crippen molar-refractivity contribution in [2.75, 3.05) is 5.43 Å². The van der Waals surface area contributed by atoms with E-state index in [4.69, 9.17) is 11.6 Å². The Hall–Kier alpha value is -3.85. The summed E-state index contributed by atoms with van der Waals surface area (Å²) >= 11 is 6.00. The number of hydrogen-bond donors (Lipinski definition) is 1. The molecule has 0 aliphatic rings. The zero-order valence-corrected chi connectivity index (χ0v) is 17.5. The number of pyridine rings is 1. The number of aryl methyl sites for hydroxylation is 1. The van der Waals surface area contributed by atoms with Crippen LogP contribution in [0.2, 0.25) is 5.02 Å². The van der Waals surface area contributed by atoms with E-state index in [2.05, 4.69) is 10.5 Å². The van der Waals surface area contributed by atoms with Crippen LogP contribution in [-0.4, -0.2) is 15.6 Å². The predicted octanol–water partition coefficient (Wildman–Crippen LogP) is 4.58. The molecule has 158 valence electrons. The lowest BCUT2D eigenvalue weighted by Gasteiger charge is -2.08. The first-order valence-electron chi connectivity index (χ1n) is 9.23. The molecule has 1 aromatic heterocycles. The predicted molar refractivity (Wildman–Crippen MR) is 117 cm³/mol. The van der Waals surface area contributed by atoms with Crippen LogP contribution in [0.3, 0.4) is 0 Å². The van der Waals surface area contributed by atoms with Crippen LogP contribution in [0.1, 0.15) is 16.8 Å². The first kappa shape index (κ1) is 21.8. The Balaban J connectivity index is 2.01. The molecule has 0 radical (unpaired) electrons. The van der Waals surface area contributed by atoms with E-state index in [1.165, 1.54) is 12.1 Å². The number of nitrogens with zero attached hydrogens (tertiary/aromatic N) is 4. The number of nitro benzene ring substituents is 2. The fourth-order valence-electron chi connectivity index (χ4n) is 2.92. The quantitative estimate of drug-likeness (QED) is 0.250. The average molecular weight is 441 g/mol. The molecule has 0 unspecified atom stereocenters. The zero-order valence-electron chi connectivity index (χ0n) is 16.8. The minimum absolute atomic E-state index is 0.0491. The Morgan fingerprint density at radius 2 is 1.77 bits per heavy atom. The topological polar surface area (TPSA) is 115 Å². The maximum Gasteiger partial charge on any atom is 0.301 e. The van der Waals surface area contributed by atoms with Gasteiger partial charge in [-0.05, 0) is 31.2 Å². The lowest BCUT2D eigenvalue weighted by Crippen LogP contribution is -2.41. The lowest BCUT2D eigenvalue weighted by atomic mass is 10.1. The molecular formula is C21H19ClN5O4+. The number of anilines is 1. The van der Waals surface area contributed by atoms with Gasteiger partial charge in [-0.1, -0.05) is 23.7 Å². The number of hydrazone groups is 1. The Kier molecular flexibility index (Phi) is 6.56. The normalized spacial score (nSPS) is 11.3. The monoisotopic (exact) mass is 440 g/mol. The van der Waals surface area contributed by atoms with Crippen molar-refractivity contribution in [3.8, 4) is 0 Å². The fourth-order valence-corrected chi connectivity index (χ4v) is 3.05. The minimum atomic E-state index is -0.688. The number of nitrogens with one attached hydrogen (secondary N) is 1. The van der Waals surface area contributed by atoms with Gasteiger partial charge in [0.25, 0.3) is 5.69 Å². The molecular weight excluding hydrogens is 422 g/mol. The van der Waals surface area contributed by atoms with Gasteiger partial charge >= 0.3 is 5.69 Å². The van der Waals surface area contributed by atoms with Crippen molar-refractivity contribution in [3.63, 3.8) is 0 Å². The van der Waals surface area contributed by atoms with Gasteiger partial charge in [0, 0.05) is 35.2 Å². The molecule has 0 saturated carbocycles. The van der Waals surface area contributed by atoms with Gasteiger partial charge in [-0.2, -0.15) is 9.67 Å². The molecule has 10 heteroatoms.